The summed E-state index contributed by atoms with van der Waals surface area (Å²) in [6, 6.07) is 15.8. The molecule has 1 N–H and O–H groups in total. The number of nitrogens with one attached hydrogen (secondary N) is 1. The van der Waals surface area contributed by atoms with Gasteiger partial charge in [0, 0.05) is 22.5 Å². The Kier molecular flexibility index (Phi) is 6.00. The fraction of sp³-hybridized carbons (Fsp3) is 0.273. The molecule has 0 saturated heterocycles. The number of hydrogen-bond donors (Lipinski definition) is 1. The minimum absolute atomic E-state index is 0.360. The summed E-state index contributed by atoms with van der Waals surface area (Å²) in [5.74, 6) is 0.360. The highest BCUT2D eigenvalue weighted by Gasteiger charge is 2.14. The number of rotatable bonds is 8. The molecule has 2 heterocycles. The highest BCUT2D eigenvalue weighted by Crippen LogP contribution is 2.27. The lowest BCUT2D eigenvalue weighted by atomic mass is 10.2. The van der Waals surface area contributed by atoms with Crippen molar-refractivity contribution in [3.8, 4) is 0 Å². The second-order valence-corrected chi connectivity index (χ2v) is 7.34. The van der Waals surface area contributed by atoms with Gasteiger partial charge in [-0.05, 0) is 18.6 Å². The number of benzene rings is 2. The van der Waals surface area contributed by atoms with E-state index in [2.05, 4.69) is 44.3 Å². The number of anilines is 1. The molecule has 0 aliphatic carbocycles. The second-order valence-electron chi connectivity index (χ2n) is 6.93. The molecule has 0 fully saturated rings. The molecule has 4 aromatic rings. The number of halogens is 1. The van der Waals surface area contributed by atoms with Gasteiger partial charge in [-0.3, -0.25) is 0 Å². The highest BCUT2D eigenvalue weighted by molar-refractivity contribution is 6.33. The molecule has 7 heteroatoms. The Morgan fingerprint density at radius 3 is 2.72 bits per heavy atom. The van der Waals surface area contributed by atoms with Gasteiger partial charge in [-0.15, -0.1) is 10.2 Å². The Morgan fingerprint density at radius 2 is 1.86 bits per heavy atom. The minimum atomic E-state index is 0.360. The SMILES string of the molecule is CCCCCCn1c2ccccc2c2nnc(N/N=C/c3ccccc3Cl)nc21. The van der Waals surface area contributed by atoms with Crippen molar-refractivity contribution >= 4 is 45.8 Å². The Morgan fingerprint density at radius 1 is 1.03 bits per heavy atom. The third-order valence-electron chi connectivity index (χ3n) is 4.88. The molecule has 148 valence electrons. The maximum absolute atomic E-state index is 6.15. The first-order valence-corrected chi connectivity index (χ1v) is 10.3. The zero-order chi connectivity index (χ0) is 20.1. The molecule has 0 bridgehead atoms. The van der Waals surface area contributed by atoms with E-state index in [9.17, 15) is 0 Å². The number of unbranched alkanes of at least 4 members (excludes halogenated alkanes) is 3. The van der Waals surface area contributed by atoms with Gasteiger partial charge in [0.15, 0.2) is 5.65 Å². The van der Waals surface area contributed by atoms with E-state index in [1.54, 1.807) is 6.21 Å². The Bertz CT molecular complexity index is 1150. The van der Waals surface area contributed by atoms with Gasteiger partial charge in [0.2, 0.25) is 0 Å². The molecule has 4 rings (SSSR count). The summed E-state index contributed by atoms with van der Waals surface area (Å²) in [6.45, 7) is 3.13. The molecule has 29 heavy (non-hydrogen) atoms. The standard InChI is InChI=1S/C22H23ClN6/c1-2-3-4-9-14-29-19-13-8-6-11-17(19)20-21(29)25-22(28-26-20)27-24-15-16-10-5-7-12-18(16)23/h5-8,10-13,15H,2-4,9,14H2,1H3,(H,25,27,28)/b24-15+. The van der Waals surface area contributed by atoms with Crippen LogP contribution in [0.25, 0.3) is 22.1 Å². The number of fused-ring (bicyclic) bond motifs is 3. The van der Waals surface area contributed by atoms with E-state index in [-0.39, 0.29) is 0 Å². The zero-order valence-corrected chi connectivity index (χ0v) is 17.1. The number of hydrazone groups is 1. The van der Waals surface area contributed by atoms with Crippen molar-refractivity contribution in [1.29, 1.82) is 0 Å². The third-order valence-corrected chi connectivity index (χ3v) is 5.23. The van der Waals surface area contributed by atoms with E-state index in [4.69, 9.17) is 16.6 Å². The number of nitrogens with zero attached hydrogens (tertiary/aromatic N) is 5. The van der Waals surface area contributed by atoms with Crippen LogP contribution in [0.5, 0.6) is 0 Å². The molecule has 0 unspecified atom stereocenters. The van der Waals surface area contributed by atoms with E-state index in [1.165, 1.54) is 19.3 Å². The summed E-state index contributed by atoms with van der Waals surface area (Å²) < 4.78 is 2.23. The first kappa shape index (κ1) is 19.3. The predicted octanol–water partition coefficient (Wildman–Crippen LogP) is 5.66. The van der Waals surface area contributed by atoms with Crippen LogP contribution < -0.4 is 5.43 Å². The topological polar surface area (TPSA) is 68.0 Å². The van der Waals surface area contributed by atoms with E-state index in [1.807, 2.05) is 36.4 Å². The number of aromatic nitrogens is 4. The Labute approximate surface area is 174 Å². The van der Waals surface area contributed by atoms with Crippen LogP contribution in [0.3, 0.4) is 0 Å². The Hall–Kier alpha value is -2.99. The fourth-order valence-corrected chi connectivity index (χ4v) is 3.60. The predicted molar refractivity (Wildman–Crippen MR) is 120 cm³/mol. The molecule has 2 aromatic heterocycles. The van der Waals surface area contributed by atoms with Crippen LogP contribution in [0.2, 0.25) is 5.02 Å². The van der Waals surface area contributed by atoms with Gasteiger partial charge in [0.25, 0.3) is 5.95 Å². The summed E-state index contributed by atoms with van der Waals surface area (Å²) >= 11 is 6.15. The van der Waals surface area contributed by atoms with Gasteiger partial charge in [-0.1, -0.05) is 74.2 Å². The normalized spacial score (nSPS) is 11.7. The van der Waals surface area contributed by atoms with Gasteiger partial charge >= 0.3 is 0 Å². The number of para-hydroxylation sites is 1. The minimum Gasteiger partial charge on any atom is -0.324 e. The summed E-state index contributed by atoms with van der Waals surface area (Å²) in [5, 5.41) is 14.6. The summed E-state index contributed by atoms with van der Waals surface area (Å²) in [7, 11) is 0. The first-order chi connectivity index (χ1) is 14.3. The number of hydrogen-bond acceptors (Lipinski definition) is 5. The van der Waals surface area contributed by atoms with Crippen molar-refractivity contribution in [3.63, 3.8) is 0 Å². The third kappa shape index (κ3) is 4.22. The fourth-order valence-electron chi connectivity index (χ4n) is 3.41. The molecule has 0 saturated carbocycles. The molecule has 0 radical (unpaired) electrons. The van der Waals surface area contributed by atoms with Crippen LogP contribution in [0.1, 0.15) is 38.2 Å². The molecular weight excluding hydrogens is 384 g/mol. The average molecular weight is 407 g/mol. The van der Waals surface area contributed by atoms with Crippen molar-refractivity contribution in [1.82, 2.24) is 19.7 Å². The van der Waals surface area contributed by atoms with Crippen LogP contribution in [-0.2, 0) is 6.54 Å². The molecule has 6 nitrogen and oxygen atoms in total. The molecular formula is C22H23ClN6. The number of aryl methyl sites for hydroxylation is 1. The van der Waals surface area contributed by atoms with Gasteiger partial charge in [0.05, 0.1) is 11.7 Å². The van der Waals surface area contributed by atoms with E-state index in [0.29, 0.717) is 11.0 Å². The monoisotopic (exact) mass is 406 g/mol. The molecule has 0 atom stereocenters. The lowest BCUT2D eigenvalue weighted by Crippen LogP contribution is -2.03. The first-order valence-electron chi connectivity index (χ1n) is 9.93. The maximum Gasteiger partial charge on any atom is 0.265 e. The Balaban J connectivity index is 1.63. The second kappa shape index (κ2) is 9.01. The van der Waals surface area contributed by atoms with Gasteiger partial charge in [-0.2, -0.15) is 10.1 Å². The summed E-state index contributed by atoms with van der Waals surface area (Å²) in [4.78, 5) is 4.70. The van der Waals surface area contributed by atoms with E-state index in [0.717, 1.165) is 40.6 Å². The van der Waals surface area contributed by atoms with Gasteiger partial charge in [-0.25, -0.2) is 5.43 Å². The molecule has 2 aromatic carbocycles. The van der Waals surface area contributed by atoms with Crippen LogP contribution >= 0.6 is 11.6 Å². The zero-order valence-electron chi connectivity index (χ0n) is 16.3. The quantitative estimate of drug-likeness (QED) is 0.233. The highest BCUT2D eigenvalue weighted by atomic mass is 35.5. The summed E-state index contributed by atoms with van der Waals surface area (Å²) in [6.07, 6.45) is 6.42. The molecule has 0 spiro atoms. The van der Waals surface area contributed by atoms with Crippen molar-refractivity contribution in [2.75, 3.05) is 5.43 Å². The van der Waals surface area contributed by atoms with Crippen molar-refractivity contribution in [3.05, 3.63) is 59.1 Å². The summed E-state index contributed by atoms with van der Waals surface area (Å²) in [5.41, 5.74) is 6.47. The largest absolute Gasteiger partial charge is 0.324 e. The van der Waals surface area contributed by atoms with E-state index >= 15 is 0 Å². The van der Waals surface area contributed by atoms with Crippen molar-refractivity contribution in [2.45, 2.75) is 39.2 Å². The van der Waals surface area contributed by atoms with Gasteiger partial charge < -0.3 is 4.57 Å². The van der Waals surface area contributed by atoms with Gasteiger partial charge in [0.1, 0.15) is 5.52 Å². The molecule has 0 aliphatic heterocycles. The van der Waals surface area contributed by atoms with Crippen LogP contribution in [0, 0.1) is 0 Å². The maximum atomic E-state index is 6.15. The van der Waals surface area contributed by atoms with Crippen molar-refractivity contribution < 1.29 is 0 Å². The lowest BCUT2D eigenvalue weighted by Gasteiger charge is -2.06. The van der Waals surface area contributed by atoms with Crippen LogP contribution in [-0.4, -0.2) is 26.0 Å². The van der Waals surface area contributed by atoms with E-state index < -0.39 is 0 Å². The molecule has 0 aliphatic rings. The lowest BCUT2D eigenvalue weighted by molar-refractivity contribution is 0.600. The average Bonchev–Trinajstić information content (AvgIpc) is 3.06. The molecule has 0 amide bonds. The van der Waals surface area contributed by atoms with Crippen LogP contribution in [0.15, 0.2) is 53.6 Å². The van der Waals surface area contributed by atoms with Crippen LogP contribution in [0.4, 0.5) is 5.95 Å². The van der Waals surface area contributed by atoms with Crippen molar-refractivity contribution in [2.24, 2.45) is 5.10 Å². The smallest absolute Gasteiger partial charge is 0.265 e.